The lowest BCUT2D eigenvalue weighted by Crippen LogP contribution is -2.43. The molecule has 230 valence electrons. The molecule has 0 radical (unpaired) electrons. The van der Waals surface area contributed by atoms with E-state index in [4.69, 9.17) is 45.3 Å². The van der Waals surface area contributed by atoms with Crippen molar-refractivity contribution in [1.82, 2.24) is 15.3 Å². The molecule has 0 spiro atoms. The molecule has 44 heavy (non-hydrogen) atoms. The molecule has 1 aliphatic carbocycles. The zero-order valence-electron chi connectivity index (χ0n) is 23.6. The van der Waals surface area contributed by atoms with Crippen LogP contribution in [0.1, 0.15) is 47.1 Å². The molecule has 4 N–H and O–H groups in total. The van der Waals surface area contributed by atoms with Crippen molar-refractivity contribution >= 4 is 57.5 Å². The van der Waals surface area contributed by atoms with E-state index in [2.05, 4.69) is 15.3 Å². The number of amides is 2. The highest BCUT2D eigenvalue weighted by Crippen LogP contribution is 2.47. The molecule has 13 heteroatoms. The van der Waals surface area contributed by atoms with E-state index in [0.717, 1.165) is 6.07 Å². The Morgan fingerprint density at radius 2 is 1.84 bits per heavy atom. The first-order chi connectivity index (χ1) is 20.8. The van der Waals surface area contributed by atoms with Crippen LogP contribution in [0.25, 0.3) is 22.2 Å². The van der Waals surface area contributed by atoms with Gasteiger partial charge in [-0.1, -0.05) is 34.8 Å². The van der Waals surface area contributed by atoms with Crippen molar-refractivity contribution < 1.29 is 28.2 Å². The molecule has 2 aromatic heterocycles. The van der Waals surface area contributed by atoms with Gasteiger partial charge in [0.15, 0.2) is 11.6 Å². The Bertz CT molecular complexity index is 1820. The molecule has 2 amide bonds. The van der Waals surface area contributed by atoms with Crippen LogP contribution in [0.15, 0.2) is 36.4 Å². The number of primary amides is 1. The lowest BCUT2D eigenvalue weighted by Gasteiger charge is -2.30. The normalized spacial score (nSPS) is 14.4. The fourth-order valence-corrected chi connectivity index (χ4v) is 5.76. The second kappa shape index (κ2) is 12.4. The molecular weight excluding hydrogens is 637 g/mol. The van der Waals surface area contributed by atoms with E-state index >= 15 is 0 Å². The number of hydrogen-bond acceptors (Lipinski definition) is 6. The summed E-state index contributed by atoms with van der Waals surface area (Å²) in [4.78, 5) is 34.4. The number of hydrogen-bond donors (Lipinski definition) is 3. The van der Waals surface area contributed by atoms with Crippen molar-refractivity contribution in [2.24, 2.45) is 11.7 Å². The number of nitrogens with two attached hydrogens (primary N) is 1. The van der Waals surface area contributed by atoms with Gasteiger partial charge in [0.2, 0.25) is 5.91 Å². The number of aliphatic hydroxyl groups is 1. The molecule has 4 aromatic rings. The number of rotatable bonds is 10. The molecule has 2 aromatic carbocycles. The Kier molecular flexibility index (Phi) is 9.00. The van der Waals surface area contributed by atoms with E-state index in [1.54, 1.807) is 26.0 Å². The van der Waals surface area contributed by atoms with E-state index in [1.165, 1.54) is 18.2 Å². The van der Waals surface area contributed by atoms with Gasteiger partial charge in [0, 0.05) is 22.1 Å². The highest BCUT2D eigenvalue weighted by Gasteiger charge is 2.47. The number of ether oxygens (including phenoxy) is 1. The maximum Gasteiger partial charge on any atom is 0.251 e. The number of nitrogens with zero attached hydrogens (tertiary/aromatic N) is 2. The van der Waals surface area contributed by atoms with Crippen LogP contribution in [0.5, 0.6) is 5.75 Å². The number of pyridine rings is 2. The van der Waals surface area contributed by atoms with Crippen LogP contribution >= 0.6 is 34.8 Å². The van der Waals surface area contributed by atoms with E-state index in [9.17, 15) is 23.5 Å². The Labute approximate surface area is 266 Å². The molecule has 0 unspecified atom stereocenters. The topological polar surface area (TPSA) is 127 Å². The Hall–Kier alpha value is -3.57. The number of carbonyl (C=O) groups is 2. The maximum absolute atomic E-state index is 14.5. The lowest BCUT2D eigenvalue weighted by atomic mass is 9.90. The molecule has 5 rings (SSSR count). The van der Waals surface area contributed by atoms with Gasteiger partial charge in [-0.15, -0.1) is 0 Å². The molecule has 0 aliphatic heterocycles. The third kappa shape index (κ3) is 6.17. The summed E-state index contributed by atoms with van der Waals surface area (Å²) in [5.74, 6) is -3.92. The standard InChI is InChI=1S/C31H27Cl3F2N4O4/c1-3-44-29-16(12-24(37)41)11-23(40-28(29)19-6-7-22(35)26(36)25(19)34)31(43,18-4-5-18)13-38-30(42)17-8-15-9-20(32)14(2)39-27(15)21(33)10-17/h6-11,18,43H,3-5,12-13H2,1-2H3,(H2,37,41)(H,38,42)/t31-/m1/s1. The van der Waals surface area contributed by atoms with Crippen LogP contribution in [-0.2, 0) is 16.8 Å². The lowest BCUT2D eigenvalue weighted by molar-refractivity contribution is -0.117. The van der Waals surface area contributed by atoms with Crippen LogP contribution in [0.4, 0.5) is 8.78 Å². The fourth-order valence-electron chi connectivity index (χ4n) is 5.09. The van der Waals surface area contributed by atoms with Crippen molar-refractivity contribution in [3.63, 3.8) is 0 Å². The Morgan fingerprint density at radius 3 is 2.50 bits per heavy atom. The predicted octanol–water partition coefficient (Wildman–Crippen LogP) is 6.30. The minimum atomic E-state index is -1.73. The van der Waals surface area contributed by atoms with Gasteiger partial charge in [0.05, 0.1) is 51.5 Å². The van der Waals surface area contributed by atoms with Crippen molar-refractivity contribution in [3.8, 4) is 17.0 Å². The summed E-state index contributed by atoms with van der Waals surface area (Å²) in [6.45, 7) is 3.30. The highest BCUT2D eigenvalue weighted by atomic mass is 35.5. The van der Waals surface area contributed by atoms with Gasteiger partial charge in [-0.2, -0.15) is 0 Å². The summed E-state index contributed by atoms with van der Waals surface area (Å²) in [5, 5.41) is 15.5. The van der Waals surface area contributed by atoms with Crippen LogP contribution in [0, 0.1) is 24.5 Å². The van der Waals surface area contributed by atoms with Gasteiger partial charge in [-0.3, -0.25) is 14.6 Å². The molecule has 0 bridgehead atoms. The summed E-state index contributed by atoms with van der Waals surface area (Å²) in [5.41, 5.74) is 5.38. The smallest absolute Gasteiger partial charge is 0.251 e. The largest absolute Gasteiger partial charge is 0.491 e. The van der Waals surface area contributed by atoms with E-state index in [-0.39, 0.29) is 64.3 Å². The van der Waals surface area contributed by atoms with Crippen molar-refractivity contribution in [2.75, 3.05) is 13.2 Å². The minimum absolute atomic E-state index is 0.0166. The van der Waals surface area contributed by atoms with Gasteiger partial charge < -0.3 is 20.9 Å². The molecule has 1 aliphatic rings. The SMILES string of the molecule is CCOc1c(CC(N)=O)cc([C@@](O)(CNC(=O)c2cc(Cl)c3nc(C)c(Cl)cc3c2)C2CC2)nc1-c1ccc(F)c(F)c1Cl. The van der Waals surface area contributed by atoms with Crippen LogP contribution < -0.4 is 15.8 Å². The quantitative estimate of drug-likeness (QED) is 0.171. The van der Waals surface area contributed by atoms with Gasteiger partial charge in [0.1, 0.15) is 17.0 Å². The number of carbonyl (C=O) groups excluding carboxylic acids is 2. The molecule has 2 heterocycles. The van der Waals surface area contributed by atoms with Crippen molar-refractivity contribution in [1.29, 1.82) is 0 Å². The first-order valence-electron chi connectivity index (χ1n) is 13.7. The Morgan fingerprint density at radius 1 is 1.11 bits per heavy atom. The number of halogens is 5. The average molecular weight is 664 g/mol. The summed E-state index contributed by atoms with van der Waals surface area (Å²) in [7, 11) is 0. The van der Waals surface area contributed by atoms with E-state index in [1.807, 2.05) is 0 Å². The van der Waals surface area contributed by atoms with Crippen LogP contribution in [0.2, 0.25) is 15.1 Å². The maximum atomic E-state index is 14.5. The van der Waals surface area contributed by atoms with Gasteiger partial charge in [-0.05, 0) is 69.0 Å². The number of aromatic nitrogens is 2. The van der Waals surface area contributed by atoms with E-state index < -0.39 is 34.1 Å². The van der Waals surface area contributed by atoms with Gasteiger partial charge in [-0.25, -0.2) is 13.8 Å². The highest BCUT2D eigenvalue weighted by molar-refractivity contribution is 6.36. The molecule has 0 saturated heterocycles. The van der Waals surface area contributed by atoms with E-state index in [0.29, 0.717) is 34.5 Å². The number of aryl methyl sites for hydroxylation is 1. The van der Waals surface area contributed by atoms with Gasteiger partial charge in [0.25, 0.3) is 5.91 Å². The van der Waals surface area contributed by atoms with Crippen LogP contribution in [-0.4, -0.2) is 40.0 Å². The third-order valence-electron chi connectivity index (χ3n) is 7.47. The number of fused-ring (bicyclic) bond motifs is 1. The summed E-state index contributed by atoms with van der Waals surface area (Å²) in [6, 6.07) is 8.32. The predicted molar refractivity (Wildman–Crippen MR) is 164 cm³/mol. The second-order valence-corrected chi connectivity index (χ2v) is 11.8. The zero-order chi connectivity index (χ0) is 31.9. The number of nitrogens with one attached hydrogen (secondary N) is 1. The molecule has 1 atom stereocenters. The average Bonchev–Trinajstić information content (AvgIpc) is 3.83. The Balaban J connectivity index is 1.57. The van der Waals surface area contributed by atoms with Gasteiger partial charge >= 0.3 is 0 Å². The van der Waals surface area contributed by atoms with Crippen LogP contribution in [0.3, 0.4) is 0 Å². The summed E-state index contributed by atoms with van der Waals surface area (Å²) >= 11 is 18.9. The number of benzene rings is 2. The molecular formula is C31H27Cl3F2N4O4. The van der Waals surface area contributed by atoms with Crippen molar-refractivity contribution in [3.05, 3.63) is 85.6 Å². The molecule has 1 fully saturated rings. The summed E-state index contributed by atoms with van der Waals surface area (Å²) in [6.07, 6.45) is 0.940. The first-order valence-corrected chi connectivity index (χ1v) is 14.8. The monoisotopic (exact) mass is 662 g/mol. The minimum Gasteiger partial charge on any atom is -0.491 e. The zero-order valence-corrected chi connectivity index (χ0v) is 25.9. The fraction of sp³-hybridized carbons (Fsp3) is 0.290. The second-order valence-electron chi connectivity index (χ2n) is 10.6. The van der Waals surface area contributed by atoms with Crippen molar-refractivity contribution in [2.45, 2.75) is 38.7 Å². The third-order valence-corrected chi connectivity index (χ3v) is 8.51. The summed E-state index contributed by atoms with van der Waals surface area (Å²) < 4.78 is 34.3. The molecule has 1 saturated carbocycles. The molecule has 8 nitrogen and oxygen atoms in total. The first kappa shape index (κ1) is 31.8.